The highest BCUT2D eigenvalue weighted by Gasteiger charge is 2.67. The highest BCUT2D eigenvalue weighted by atomic mass is 16.7. The first-order chi connectivity index (χ1) is 14.3. The third-order valence-corrected chi connectivity index (χ3v) is 11.3. The first-order valence-electron chi connectivity index (χ1n) is 13.0. The summed E-state index contributed by atoms with van der Waals surface area (Å²) < 4.78 is 13.3. The van der Waals surface area contributed by atoms with E-state index in [0.29, 0.717) is 40.6 Å². The van der Waals surface area contributed by atoms with Crippen LogP contribution in [0, 0.1) is 46.3 Å². The molecule has 3 saturated carbocycles. The SMILES string of the molecule is CC1CCC2(OC1)OC1CC3C4CC[C@@H]5C[C@@H](O)CC[C@@]5(C)C4=CC[C@@]3(C)C1C2C. The van der Waals surface area contributed by atoms with Gasteiger partial charge in [0.2, 0.25) is 0 Å². The summed E-state index contributed by atoms with van der Waals surface area (Å²) in [7, 11) is 0. The van der Waals surface area contributed by atoms with E-state index in [0.717, 1.165) is 37.7 Å². The highest BCUT2D eigenvalue weighted by molar-refractivity contribution is 5.30. The van der Waals surface area contributed by atoms with Crippen LogP contribution in [-0.2, 0) is 9.47 Å². The second-order valence-corrected chi connectivity index (χ2v) is 12.7. The molecule has 1 spiro atoms. The lowest BCUT2D eigenvalue weighted by atomic mass is 9.48. The minimum atomic E-state index is -0.303. The standard InChI is InChI=1S/C27H42O3/c1-16-7-12-27(29-15-16)17(2)24-23(30-27)14-22-20-6-5-18-13-19(28)8-10-25(18,3)21(20)9-11-26(22,24)4/h9,16-20,22-24,28H,5-8,10-15H2,1-4H3/t16?,17?,18-,19+,20?,22?,23?,24?,25-,26-,27?/m1/s1. The van der Waals surface area contributed by atoms with Gasteiger partial charge in [0.1, 0.15) is 0 Å². The van der Waals surface area contributed by atoms with E-state index in [2.05, 4.69) is 33.8 Å². The molecule has 30 heavy (non-hydrogen) atoms. The van der Waals surface area contributed by atoms with Crippen LogP contribution in [0.25, 0.3) is 0 Å². The van der Waals surface area contributed by atoms with Crippen LogP contribution in [0.2, 0.25) is 0 Å². The molecule has 6 rings (SSSR count). The Morgan fingerprint density at radius 3 is 2.63 bits per heavy atom. The van der Waals surface area contributed by atoms with Gasteiger partial charge in [-0.1, -0.05) is 39.3 Å². The zero-order valence-electron chi connectivity index (χ0n) is 19.5. The zero-order valence-corrected chi connectivity index (χ0v) is 19.5. The van der Waals surface area contributed by atoms with Crippen molar-refractivity contribution in [2.75, 3.05) is 6.61 Å². The first kappa shape index (κ1) is 20.2. The lowest BCUT2D eigenvalue weighted by Gasteiger charge is -2.57. The Kier molecular flexibility index (Phi) is 4.44. The van der Waals surface area contributed by atoms with Crippen LogP contribution in [0.5, 0.6) is 0 Å². The summed E-state index contributed by atoms with van der Waals surface area (Å²) in [5.74, 6) is 3.68. The number of rotatable bonds is 0. The second-order valence-electron chi connectivity index (χ2n) is 12.7. The molecule has 0 aromatic rings. The maximum atomic E-state index is 10.3. The van der Waals surface area contributed by atoms with Crippen molar-refractivity contribution in [1.82, 2.24) is 0 Å². The average molecular weight is 415 g/mol. The Hall–Kier alpha value is -0.380. The average Bonchev–Trinajstić information content (AvgIpc) is 3.16. The normalized spacial score (nSPS) is 59.8. The molecule has 7 unspecified atom stereocenters. The third-order valence-electron chi connectivity index (χ3n) is 11.3. The molecule has 0 radical (unpaired) electrons. The topological polar surface area (TPSA) is 38.7 Å². The molecule has 6 aliphatic rings. The smallest absolute Gasteiger partial charge is 0.171 e. The van der Waals surface area contributed by atoms with Gasteiger partial charge in [0.15, 0.2) is 5.79 Å². The van der Waals surface area contributed by atoms with E-state index < -0.39 is 0 Å². The molecule has 0 aromatic carbocycles. The molecule has 3 nitrogen and oxygen atoms in total. The lowest BCUT2D eigenvalue weighted by Crippen LogP contribution is -2.50. The van der Waals surface area contributed by atoms with Gasteiger partial charge in [0, 0.05) is 12.3 Å². The summed E-state index contributed by atoms with van der Waals surface area (Å²) in [6.45, 7) is 10.7. The van der Waals surface area contributed by atoms with Crippen LogP contribution in [0.4, 0.5) is 0 Å². The zero-order chi connectivity index (χ0) is 20.9. The number of aliphatic hydroxyl groups excluding tert-OH is 1. The van der Waals surface area contributed by atoms with Crippen molar-refractivity contribution >= 4 is 0 Å². The fourth-order valence-electron chi connectivity index (χ4n) is 9.52. The van der Waals surface area contributed by atoms with E-state index in [1.807, 2.05) is 0 Å². The summed E-state index contributed by atoms with van der Waals surface area (Å²) in [4.78, 5) is 0. The number of allylic oxidation sites excluding steroid dienone is 2. The van der Waals surface area contributed by atoms with Gasteiger partial charge in [-0.15, -0.1) is 0 Å². The third kappa shape index (κ3) is 2.55. The molecule has 0 amide bonds. The summed E-state index contributed by atoms with van der Waals surface area (Å²) in [6.07, 6.45) is 13.6. The number of fused-ring (bicyclic) bond motifs is 7. The van der Waals surface area contributed by atoms with Crippen LogP contribution in [0.15, 0.2) is 11.6 Å². The first-order valence-corrected chi connectivity index (χ1v) is 13.0. The Balaban J connectivity index is 1.30. The monoisotopic (exact) mass is 414 g/mol. The van der Waals surface area contributed by atoms with Gasteiger partial charge in [-0.2, -0.15) is 0 Å². The minimum absolute atomic E-state index is 0.0661. The summed E-state index contributed by atoms with van der Waals surface area (Å²) in [5, 5.41) is 10.3. The number of aliphatic hydroxyl groups is 1. The van der Waals surface area contributed by atoms with Gasteiger partial charge < -0.3 is 14.6 Å². The fraction of sp³-hybridized carbons (Fsp3) is 0.926. The number of hydrogen-bond acceptors (Lipinski definition) is 3. The Morgan fingerprint density at radius 1 is 1.03 bits per heavy atom. The number of hydrogen-bond donors (Lipinski definition) is 1. The number of ether oxygens (including phenoxy) is 2. The molecular formula is C27H42O3. The van der Waals surface area contributed by atoms with E-state index in [-0.39, 0.29) is 11.9 Å². The molecule has 3 heteroatoms. The molecule has 1 N–H and O–H groups in total. The Labute approximate surface area is 183 Å². The van der Waals surface area contributed by atoms with Crippen molar-refractivity contribution < 1.29 is 14.6 Å². The Bertz CT molecular complexity index is 736. The van der Waals surface area contributed by atoms with Crippen molar-refractivity contribution in [2.24, 2.45) is 46.3 Å². The van der Waals surface area contributed by atoms with E-state index >= 15 is 0 Å². The molecule has 2 saturated heterocycles. The molecule has 5 fully saturated rings. The van der Waals surface area contributed by atoms with Crippen molar-refractivity contribution in [3.05, 3.63) is 11.6 Å². The largest absolute Gasteiger partial charge is 0.393 e. The van der Waals surface area contributed by atoms with Crippen molar-refractivity contribution in [2.45, 2.75) is 103 Å². The maximum Gasteiger partial charge on any atom is 0.171 e. The predicted molar refractivity (Wildman–Crippen MR) is 118 cm³/mol. The van der Waals surface area contributed by atoms with Crippen molar-refractivity contribution in [1.29, 1.82) is 0 Å². The van der Waals surface area contributed by atoms with Gasteiger partial charge in [-0.3, -0.25) is 0 Å². The molecular weight excluding hydrogens is 372 g/mol. The summed E-state index contributed by atoms with van der Waals surface area (Å²) in [5.41, 5.74) is 2.46. The van der Waals surface area contributed by atoms with E-state index in [4.69, 9.17) is 9.47 Å². The minimum Gasteiger partial charge on any atom is -0.393 e. The van der Waals surface area contributed by atoms with Gasteiger partial charge in [0.25, 0.3) is 0 Å². The molecule has 0 aromatic heterocycles. The summed E-state index contributed by atoms with van der Waals surface area (Å²) >= 11 is 0. The van der Waals surface area contributed by atoms with E-state index in [9.17, 15) is 5.11 Å². The van der Waals surface area contributed by atoms with Crippen LogP contribution in [0.1, 0.15) is 85.5 Å². The highest BCUT2D eigenvalue weighted by Crippen LogP contribution is 2.69. The lowest BCUT2D eigenvalue weighted by molar-refractivity contribution is -0.272. The van der Waals surface area contributed by atoms with E-state index in [1.165, 1.54) is 38.5 Å². The maximum absolute atomic E-state index is 10.3. The van der Waals surface area contributed by atoms with Crippen LogP contribution in [-0.4, -0.2) is 29.7 Å². The van der Waals surface area contributed by atoms with Crippen LogP contribution >= 0.6 is 0 Å². The quantitative estimate of drug-likeness (QED) is 0.516. The van der Waals surface area contributed by atoms with E-state index in [1.54, 1.807) is 5.57 Å². The van der Waals surface area contributed by atoms with Gasteiger partial charge in [-0.25, -0.2) is 0 Å². The second kappa shape index (κ2) is 6.58. The van der Waals surface area contributed by atoms with Crippen LogP contribution in [0.3, 0.4) is 0 Å². The molecule has 4 aliphatic carbocycles. The fourth-order valence-corrected chi connectivity index (χ4v) is 9.52. The van der Waals surface area contributed by atoms with Gasteiger partial charge >= 0.3 is 0 Å². The molecule has 168 valence electrons. The molecule has 0 bridgehead atoms. The Morgan fingerprint density at radius 2 is 1.87 bits per heavy atom. The molecule has 2 heterocycles. The predicted octanol–water partition coefficient (Wildman–Crippen LogP) is 5.71. The van der Waals surface area contributed by atoms with Crippen molar-refractivity contribution in [3.8, 4) is 0 Å². The molecule has 11 atom stereocenters. The summed E-state index contributed by atoms with van der Waals surface area (Å²) in [6, 6.07) is 0. The van der Waals surface area contributed by atoms with Gasteiger partial charge in [-0.05, 0) is 91.8 Å². The molecule has 2 aliphatic heterocycles. The van der Waals surface area contributed by atoms with Crippen molar-refractivity contribution in [3.63, 3.8) is 0 Å². The van der Waals surface area contributed by atoms with Crippen LogP contribution < -0.4 is 0 Å². The van der Waals surface area contributed by atoms with Gasteiger partial charge in [0.05, 0.1) is 18.8 Å².